The van der Waals surface area contributed by atoms with Crippen LogP contribution in [0, 0.1) is 0 Å². The number of rotatable bonds is 5. The molecular formula is C15H21Cl2N3S. The van der Waals surface area contributed by atoms with Crippen molar-refractivity contribution in [1.82, 2.24) is 9.80 Å². The highest BCUT2D eigenvalue weighted by atomic mass is 35.5. The standard InChI is InChI=1S/C15H21Cl2N3S/c1-2-14(15(18)21)20-7-5-19(6-8-20)10-11-3-4-12(16)9-13(11)17/h3-4,9,14H,2,5-8,10H2,1H3,(H2,18,21). The van der Waals surface area contributed by atoms with Gasteiger partial charge in [-0.3, -0.25) is 9.80 Å². The van der Waals surface area contributed by atoms with Gasteiger partial charge in [0.15, 0.2) is 0 Å². The van der Waals surface area contributed by atoms with Gasteiger partial charge in [-0.25, -0.2) is 0 Å². The first kappa shape index (κ1) is 17.0. The van der Waals surface area contributed by atoms with Crippen LogP contribution >= 0.6 is 35.4 Å². The first-order valence-corrected chi connectivity index (χ1v) is 8.37. The Balaban J connectivity index is 1.91. The summed E-state index contributed by atoms with van der Waals surface area (Å²) in [5.41, 5.74) is 6.94. The molecule has 0 bridgehead atoms. The van der Waals surface area contributed by atoms with Gasteiger partial charge in [-0.15, -0.1) is 0 Å². The van der Waals surface area contributed by atoms with E-state index in [-0.39, 0.29) is 6.04 Å². The van der Waals surface area contributed by atoms with Crippen LogP contribution in [0.4, 0.5) is 0 Å². The van der Waals surface area contributed by atoms with Crippen LogP contribution in [-0.4, -0.2) is 47.0 Å². The monoisotopic (exact) mass is 345 g/mol. The second kappa shape index (κ2) is 7.75. The number of hydrogen-bond acceptors (Lipinski definition) is 3. The lowest BCUT2D eigenvalue weighted by Gasteiger charge is -2.38. The van der Waals surface area contributed by atoms with Gasteiger partial charge in [-0.2, -0.15) is 0 Å². The minimum absolute atomic E-state index is 0.223. The molecule has 1 aromatic carbocycles. The Morgan fingerprint density at radius 3 is 2.48 bits per heavy atom. The van der Waals surface area contributed by atoms with Crippen LogP contribution in [-0.2, 0) is 6.54 Å². The summed E-state index contributed by atoms with van der Waals surface area (Å²) in [4.78, 5) is 5.38. The number of thiocarbonyl (C=S) groups is 1. The molecule has 116 valence electrons. The van der Waals surface area contributed by atoms with E-state index in [1.165, 1.54) is 0 Å². The predicted octanol–water partition coefficient (Wildman–Crippen LogP) is 3.18. The Morgan fingerprint density at radius 1 is 1.29 bits per heavy atom. The van der Waals surface area contributed by atoms with Crippen molar-refractivity contribution in [3.05, 3.63) is 33.8 Å². The maximum absolute atomic E-state index is 6.24. The normalized spacial score (nSPS) is 18.6. The summed E-state index contributed by atoms with van der Waals surface area (Å²) in [5.74, 6) is 0. The maximum Gasteiger partial charge on any atom is 0.0901 e. The second-order valence-corrected chi connectivity index (χ2v) is 6.69. The van der Waals surface area contributed by atoms with E-state index < -0.39 is 0 Å². The molecule has 1 aliphatic rings. The highest BCUT2D eigenvalue weighted by Crippen LogP contribution is 2.23. The average Bonchev–Trinajstić information content (AvgIpc) is 2.44. The topological polar surface area (TPSA) is 32.5 Å². The fraction of sp³-hybridized carbons (Fsp3) is 0.533. The lowest BCUT2D eigenvalue weighted by molar-refractivity contribution is 0.112. The van der Waals surface area contributed by atoms with E-state index in [4.69, 9.17) is 41.2 Å². The van der Waals surface area contributed by atoms with Crippen LogP contribution in [0.1, 0.15) is 18.9 Å². The van der Waals surface area contributed by atoms with Crippen LogP contribution in [0.25, 0.3) is 0 Å². The number of nitrogens with two attached hydrogens (primary N) is 1. The highest BCUT2D eigenvalue weighted by molar-refractivity contribution is 7.80. The van der Waals surface area contributed by atoms with Crippen molar-refractivity contribution in [3.8, 4) is 0 Å². The molecule has 0 spiro atoms. The van der Waals surface area contributed by atoms with Gasteiger partial charge in [-0.1, -0.05) is 48.4 Å². The van der Waals surface area contributed by atoms with Gasteiger partial charge in [0, 0.05) is 42.8 Å². The molecule has 1 unspecified atom stereocenters. The van der Waals surface area contributed by atoms with E-state index in [1.807, 2.05) is 12.1 Å². The van der Waals surface area contributed by atoms with Crippen molar-refractivity contribution in [2.45, 2.75) is 25.9 Å². The van der Waals surface area contributed by atoms with Gasteiger partial charge in [0.05, 0.1) is 11.0 Å². The van der Waals surface area contributed by atoms with Crippen LogP contribution in [0.3, 0.4) is 0 Å². The molecule has 1 aromatic rings. The molecule has 1 heterocycles. The van der Waals surface area contributed by atoms with Gasteiger partial charge in [0.25, 0.3) is 0 Å². The largest absolute Gasteiger partial charge is 0.392 e. The third kappa shape index (κ3) is 4.54. The van der Waals surface area contributed by atoms with Gasteiger partial charge >= 0.3 is 0 Å². The quantitative estimate of drug-likeness (QED) is 0.830. The predicted molar refractivity (Wildman–Crippen MR) is 94.2 cm³/mol. The Bertz CT molecular complexity index is 502. The zero-order chi connectivity index (χ0) is 15.4. The van der Waals surface area contributed by atoms with E-state index in [0.29, 0.717) is 10.0 Å². The minimum Gasteiger partial charge on any atom is -0.392 e. The Kier molecular flexibility index (Phi) is 6.26. The lowest BCUT2D eigenvalue weighted by Crippen LogP contribution is -2.53. The van der Waals surface area contributed by atoms with Gasteiger partial charge in [-0.05, 0) is 24.1 Å². The van der Waals surface area contributed by atoms with Crippen molar-refractivity contribution in [2.75, 3.05) is 26.2 Å². The first-order valence-electron chi connectivity index (χ1n) is 7.21. The Morgan fingerprint density at radius 2 is 1.95 bits per heavy atom. The van der Waals surface area contributed by atoms with Crippen LogP contribution in [0.5, 0.6) is 0 Å². The third-order valence-corrected chi connectivity index (χ3v) is 4.83. The molecule has 21 heavy (non-hydrogen) atoms. The molecule has 3 nitrogen and oxygen atoms in total. The summed E-state index contributed by atoms with van der Waals surface area (Å²) in [6.07, 6.45) is 0.971. The highest BCUT2D eigenvalue weighted by Gasteiger charge is 2.24. The molecule has 6 heteroatoms. The molecule has 0 radical (unpaired) electrons. The summed E-state index contributed by atoms with van der Waals surface area (Å²) in [6.45, 7) is 6.95. The number of halogens is 2. The molecule has 2 N–H and O–H groups in total. The third-order valence-electron chi connectivity index (χ3n) is 3.97. The molecule has 1 saturated heterocycles. The van der Waals surface area contributed by atoms with Gasteiger partial charge in [0.1, 0.15) is 0 Å². The zero-order valence-electron chi connectivity index (χ0n) is 12.2. The Labute approximate surface area is 142 Å². The molecule has 0 aliphatic carbocycles. The number of nitrogens with zero attached hydrogens (tertiary/aromatic N) is 2. The maximum atomic E-state index is 6.24. The van der Waals surface area contributed by atoms with Gasteiger partial charge in [0.2, 0.25) is 0 Å². The molecule has 1 aliphatic heterocycles. The van der Waals surface area contributed by atoms with Crippen LogP contribution in [0.2, 0.25) is 10.0 Å². The van der Waals surface area contributed by atoms with E-state index in [1.54, 1.807) is 6.07 Å². The number of hydrogen-bond donors (Lipinski definition) is 1. The summed E-state index contributed by atoms with van der Waals surface area (Å²) in [5, 5.41) is 1.41. The van der Waals surface area contributed by atoms with Crippen molar-refractivity contribution in [3.63, 3.8) is 0 Å². The molecule has 1 fully saturated rings. The van der Waals surface area contributed by atoms with Crippen molar-refractivity contribution >= 4 is 40.4 Å². The lowest BCUT2D eigenvalue weighted by atomic mass is 10.1. The molecule has 2 rings (SSSR count). The Hall–Kier alpha value is -0.390. The second-order valence-electron chi connectivity index (χ2n) is 5.37. The summed E-state index contributed by atoms with van der Waals surface area (Å²) >= 11 is 17.3. The fourth-order valence-corrected chi connectivity index (χ4v) is 3.55. The van der Waals surface area contributed by atoms with Crippen molar-refractivity contribution in [1.29, 1.82) is 0 Å². The number of benzene rings is 1. The zero-order valence-corrected chi connectivity index (χ0v) is 14.5. The summed E-state index contributed by atoms with van der Waals surface area (Å²) < 4.78 is 0. The molecule has 1 atom stereocenters. The van der Waals surface area contributed by atoms with E-state index in [2.05, 4.69) is 16.7 Å². The molecule has 0 aromatic heterocycles. The molecular weight excluding hydrogens is 325 g/mol. The minimum atomic E-state index is 0.223. The van der Waals surface area contributed by atoms with Gasteiger partial charge < -0.3 is 5.73 Å². The molecule has 0 saturated carbocycles. The van der Waals surface area contributed by atoms with E-state index >= 15 is 0 Å². The SMILES string of the molecule is CCC(C(N)=S)N1CCN(Cc2ccc(Cl)cc2Cl)CC1. The van der Waals surface area contributed by atoms with Crippen LogP contribution in [0.15, 0.2) is 18.2 Å². The van der Waals surface area contributed by atoms with E-state index in [9.17, 15) is 0 Å². The number of piperazine rings is 1. The summed E-state index contributed by atoms with van der Waals surface area (Å²) in [7, 11) is 0. The summed E-state index contributed by atoms with van der Waals surface area (Å²) in [6, 6.07) is 5.91. The van der Waals surface area contributed by atoms with E-state index in [0.717, 1.165) is 49.7 Å². The fourth-order valence-electron chi connectivity index (χ4n) is 2.76. The molecule has 0 amide bonds. The first-order chi connectivity index (χ1) is 10.0. The smallest absolute Gasteiger partial charge is 0.0901 e. The van der Waals surface area contributed by atoms with Crippen molar-refractivity contribution < 1.29 is 0 Å². The average molecular weight is 346 g/mol. The van der Waals surface area contributed by atoms with Crippen LogP contribution < -0.4 is 5.73 Å². The van der Waals surface area contributed by atoms with Crippen molar-refractivity contribution in [2.24, 2.45) is 5.73 Å².